The molecular weight excluding hydrogens is 397 g/mol. The van der Waals surface area contributed by atoms with Crippen molar-refractivity contribution < 1.29 is 0 Å². The summed E-state index contributed by atoms with van der Waals surface area (Å²) in [6, 6.07) is 0. The van der Waals surface area contributed by atoms with Crippen LogP contribution in [0.4, 0.5) is 0 Å². The average Bonchev–Trinajstić information content (AvgIpc) is 2.34. The molecule has 0 nitrogen and oxygen atoms in total. The van der Waals surface area contributed by atoms with Gasteiger partial charge in [0.05, 0.1) is 0 Å². The molecule has 0 atom stereocenters. The minimum atomic E-state index is -2.97. The second-order valence-corrected chi connectivity index (χ2v) is 32.3. The summed E-state index contributed by atoms with van der Waals surface area (Å²) in [7, 11) is -4.31. The van der Waals surface area contributed by atoms with Gasteiger partial charge in [0, 0.05) is 0 Å². The molecule has 0 saturated carbocycles. The Balaban J connectivity index is 6.68. The summed E-state index contributed by atoms with van der Waals surface area (Å²) in [6.07, 6.45) is 1.11. The summed E-state index contributed by atoms with van der Waals surface area (Å²) in [4.78, 5) is 0. The van der Waals surface area contributed by atoms with Crippen LogP contribution in [-0.4, -0.2) is 37.5 Å². The van der Waals surface area contributed by atoms with Crippen LogP contribution in [0.2, 0.25) is 63.2 Å². The normalized spacial score (nSPS) is 13.0. The molecule has 0 aliphatic carbocycles. The third-order valence-corrected chi connectivity index (χ3v) is 16.1. The molecule has 0 bridgehead atoms. The van der Waals surface area contributed by atoms with E-state index in [4.69, 9.17) is 0 Å². The first kappa shape index (κ1) is 23.9. The predicted octanol–water partition coefficient (Wildman–Crippen LogP) is 5.89. The molecule has 134 valence electrons. The molecule has 0 rings (SSSR count). The summed E-state index contributed by atoms with van der Waals surface area (Å²) in [5.41, 5.74) is 11.0. The fraction of sp³-hybridized carbons (Fsp3) is 0.700. The molecule has 0 fully saturated rings. The van der Waals surface area contributed by atoms with Gasteiger partial charge in [0.15, 0.2) is 0 Å². The topological polar surface area (TPSA) is 0 Å². The van der Waals surface area contributed by atoms with Gasteiger partial charge < -0.3 is 0 Å². The van der Waals surface area contributed by atoms with Crippen LogP contribution in [0.1, 0.15) is 27.2 Å². The molecule has 0 radical (unpaired) electrons. The van der Waals surface area contributed by atoms with E-state index in [1.165, 1.54) is 0 Å². The van der Waals surface area contributed by atoms with Crippen LogP contribution in [0.15, 0.2) is 0 Å². The monoisotopic (exact) mass is 436 g/mol. The van der Waals surface area contributed by atoms with Crippen molar-refractivity contribution in [3.05, 3.63) is 0 Å². The van der Waals surface area contributed by atoms with Crippen LogP contribution in [0.3, 0.4) is 0 Å². The molecule has 0 heterocycles. The zero-order valence-electron chi connectivity index (χ0n) is 18.2. The quantitative estimate of drug-likeness (QED) is 0.375. The summed E-state index contributed by atoms with van der Waals surface area (Å²) in [5, 5.41) is 0. The second-order valence-electron chi connectivity index (χ2n) is 10.5. The molecule has 0 amide bonds. The average molecular weight is 435 g/mol. The number of hydrogen-bond acceptors (Lipinski definition) is 0. The maximum atomic E-state index is 3.81. The van der Waals surface area contributed by atoms with E-state index in [0.717, 1.165) is 6.42 Å². The Morgan fingerprint density at radius 2 is 0.875 bits per heavy atom. The Morgan fingerprint density at radius 1 is 0.625 bits per heavy atom. The summed E-state index contributed by atoms with van der Waals surface area (Å²) < 4.78 is 11.6. The molecule has 0 aromatic carbocycles. The van der Waals surface area contributed by atoms with E-state index in [9.17, 15) is 0 Å². The van der Waals surface area contributed by atoms with Crippen molar-refractivity contribution in [3.63, 3.8) is 0 Å². The zero-order valence-corrected chi connectivity index (χ0v) is 23.3. The fourth-order valence-corrected chi connectivity index (χ4v) is 17.7. The van der Waals surface area contributed by atoms with Crippen LogP contribution in [0, 0.1) is 30.9 Å². The van der Waals surface area contributed by atoms with Gasteiger partial charge in [0.1, 0.15) is 0 Å². The van der Waals surface area contributed by atoms with Crippen molar-refractivity contribution in [1.29, 1.82) is 0 Å². The van der Waals surface area contributed by atoms with Crippen molar-refractivity contribution in [2.45, 2.75) is 90.4 Å². The van der Waals surface area contributed by atoms with Crippen LogP contribution in [0.5, 0.6) is 0 Å². The summed E-state index contributed by atoms with van der Waals surface area (Å²) in [5.74, 6) is 0. The molecule has 4 heteroatoms. The van der Waals surface area contributed by atoms with Gasteiger partial charge in [-0.15, -0.1) is 0 Å². The van der Waals surface area contributed by atoms with Gasteiger partial charge in [-0.1, -0.05) is 0 Å². The Labute approximate surface area is 158 Å². The van der Waals surface area contributed by atoms with Gasteiger partial charge in [-0.25, -0.2) is 0 Å². The van der Waals surface area contributed by atoms with Crippen LogP contribution < -0.4 is 0 Å². The Kier molecular flexibility index (Phi) is 8.01. The van der Waals surface area contributed by atoms with Crippen molar-refractivity contribution in [1.82, 2.24) is 0 Å². The van der Waals surface area contributed by atoms with Crippen LogP contribution in [0.25, 0.3) is 0 Å². The summed E-state index contributed by atoms with van der Waals surface area (Å²) in [6.45, 7) is 27.9. The van der Waals surface area contributed by atoms with Gasteiger partial charge in [-0.2, -0.15) is 0 Å². The van der Waals surface area contributed by atoms with E-state index in [1.807, 2.05) is 0 Å². The molecule has 0 aliphatic rings. The van der Waals surface area contributed by atoms with Crippen LogP contribution >= 0.6 is 0 Å². The Morgan fingerprint density at radius 3 is 1.04 bits per heavy atom. The van der Waals surface area contributed by atoms with Gasteiger partial charge in [0.2, 0.25) is 0 Å². The fourth-order valence-electron chi connectivity index (χ4n) is 1.71. The van der Waals surface area contributed by atoms with Crippen LogP contribution in [-0.2, 0) is 0 Å². The first-order valence-electron chi connectivity index (χ1n) is 9.06. The third-order valence-electron chi connectivity index (χ3n) is 3.77. The minimum absolute atomic E-state index is 0.145. The van der Waals surface area contributed by atoms with Crippen molar-refractivity contribution in [2.24, 2.45) is 0 Å². The Hall–Kier alpha value is -0.126. The van der Waals surface area contributed by atoms with Crippen molar-refractivity contribution >= 4 is 37.5 Å². The van der Waals surface area contributed by atoms with E-state index in [-0.39, 0.29) is 4.25 Å². The molecule has 0 aromatic rings. The molecule has 0 N–H and O–H groups in total. The maximum absolute atomic E-state index is 3.81. The first-order valence-corrected chi connectivity index (χ1v) is 23.8. The van der Waals surface area contributed by atoms with Gasteiger partial charge in [-0.3, -0.25) is 0 Å². The first-order chi connectivity index (χ1) is 10.4. The van der Waals surface area contributed by atoms with Crippen molar-refractivity contribution in [3.8, 4) is 30.9 Å². The molecule has 24 heavy (non-hydrogen) atoms. The van der Waals surface area contributed by atoms with E-state index in [2.05, 4.69) is 111 Å². The van der Waals surface area contributed by atoms with E-state index in [1.54, 1.807) is 0 Å². The van der Waals surface area contributed by atoms with Gasteiger partial charge in [-0.05, 0) is 0 Å². The summed E-state index contributed by atoms with van der Waals surface area (Å²) >= 11 is -2.97. The molecule has 0 aromatic heterocycles. The van der Waals surface area contributed by atoms with Gasteiger partial charge in [0.25, 0.3) is 0 Å². The standard InChI is InChI=1S/C20H38GeSi3/c1-13-20(2,3)21(14-17-22(4,5)6,15-18-23(7,8)9)16-19-24(10,11)12/h13H2,1-12H3. The van der Waals surface area contributed by atoms with E-state index < -0.39 is 37.5 Å². The number of rotatable bonds is 2. The van der Waals surface area contributed by atoms with Crippen molar-refractivity contribution in [2.75, 3.05) is 0 Å². The Bertz CT molecular complexity index is 542. The molecule has 0 aliphatic heterocycles. The predicted molar refractivity (Wildman–Crippen MR) is 123 cm³/mol. The molecular formula is C20H38GeSi3. The molecule has 0 spiro atoms. The molecule has 0 saturated heterocycles. The SMILES string of the molecule is CC[C](C)(C)[Ge]([C]#C[Si](C)(C)C)([C]#C[Si](C)(C)C)[C]#C[Si](C)(C)C. The van der Waals surface area contributed by atoms with E-state index in [0.29, 0.717) is 0 Å². The number of hydrogen-bond donors (Lipinski definition) is 0. The second kappa shape index (κ2) is 8.05. The molecule has 0 unspecified atom stereocenters. The van der Waals surface area contributed by atoms with Gasteiger partial charge >= 0.3 is 159 Å². The van der Waals surface area contributed by atoms with E-state index >= 15 is 0 Å². The third kappa shape index (κ3) is 8.82. The zero-order chi connectivity index (χ0) is 19.4.